The number of nitriles is 1. The zero-order valence-corrected chi connectivity index (χ0v) is 7.61. The van der Waals surface area contributed by atoms with Crippen molar-refractivity contribution < 1.29 is 9.84 Å². The first-order valence-corrected chi connectivity index (χ1v) is 3.99. The largest absolute Gasteiger partial charge is 0.508 e. The molecule has 0 fully saturated rings. The summed E-state index contributed by atoms with van der Waals surface area (Å²) in [5.41, 5.74) is 0.903. The minimum Gasteiger partial charge on any atom is -0.508 e. The topological polar surface area (TPSA) is 53.2 Å². The summed E-state index contributed by atoms with van der Waals surface area (Å²) in [6.07, 6.45) is -0.499. The Labute approximate surface area is 77.2 Å². The molecule has 3 nitrogen and oxygen atoms in total. The molecular formula is C10H11NO2. The van der Waals surface area contributed by atoms with Crippen LogP contribution in [0.3, 0.4) is 0 Å². The quantitative estimate of drug-likeness (QED) is 0.751. The van der Waals surface area contributed by atoms with Gasteiger partial charge in [-0.3, -0.25) is 0 Å². The molecule has 0 aliphatic rings. The smallest absolute Gasteiger partial charge is 0.181 e. The Morgan fingerprint density at radius 3 is 2.69 bits per heavy atom. The number of ether oxygens (including phenoxy) is 1. The Morgan fingerprint density at radius 2 is 2.15 bits per heavy atom. The van der Waals surface area contributed by atoms with Gasteiger partial charge in [0.25, 0.3) is 0 Å². The fourth-order valence-corrected chi connectivity index (χ4v) is 1.03. The molecule has 0 saturated heterocycles. The second kappa shape index (κ2) is 3.81. The molecule has 1 aromatic carbocycles. The van der Waals surface area contributed by atoms with Crippen molar-refractivity contribution in [1.29, 1.82) is 5.26 Å². The van der Waals surface area contributed by atoms with E-state index >= 15 is 0 Å². The zero-order valence-electron chi connectivity index (χ0n) is 7.61. The maximum atomic E-state index is 9.22. The zero-order chi connectivity index (χ0) is 9.84. The lowest BCUT2D eigenvalue weighted by molar-refractivity contribution is 0.275. The number of rotatable bonds is 2. The van der Waals surface area contributed by atoms with Crippen molar-refractivity contribution in [2.45, 2.75) is 20.0 Å². The molecule has 0 spiro atoms. The molecule has 0 aromatic heterocycles. The summed E-state index contributed by atoms with van der Waals surface area (Å²) >= 11 is 0. The molecule has 0 heterocycles. The second-order valence-electron chi connectivity index (χ2n) is 2.89. The van der Waals surface area contributed by atoms with Crippen molar-refractivity contribution in [2.24, 2.45) is 0 Å². The Balaban J connectivity index is 2.84. The molecule has 0 aliphatic heterocycles. The van der Waals surface area contributed by atoms with E-state index in [9.17, 15) is 5.11 Å². The number of phenolic OH excluding ortho intramolecular Hbond substituents is 1. The number of nitrogens with zero attached hydrogens (tertiary/aromatic N) is 1. The van der Waals surface area contributed by atoms with Crippen molar-refractivity contribution in [3.8, 4) is 17.6 Å². The van der Waals surface area contributed by atoms with E-state index in [0.29, 0.717) is 5.75 Å². The molecule has 68 valence electrons. The third-order valence-electron chi connectivity index (χ3n) is 1.53. The van der Waals surface area contributed by atoms with Gasteiger partial charge in [-0.2, -0.15) is 5.26 Å². The van der Waals surface area contributed by atoms with Crippen LogP contribution in [0.5, 0.6) is 11.5 Å². The van der Waals surface area contributed by atoms with Gasteiger partial charge in [0.15, 0.2) is 6.10 Å². The van der Waals surface area contributed by atoms with Crippen molar-refractivity contribution in [2.75, 3.05) is 0 Å². The second-order valence-corrected chi connectivity index (χ2v) is 2.89. The Hall–Kier alpha value is -1.69. The van der Waals surface area contributed by atoms with Crippen LogP contribution < -0.4 is 4.74 Å². The number of aromatic hydroxyl groups is 1. The molecule has 0 bridgehead atoms. The summed E-state index contributed by atoms with van der Waals surface area (Å²) in [4.78, 5) is 0. The van der Waals surface area contributed by atoms with Gasteiger partial charge in [-0.1, -0.05) is 0 Å². The van der Waals surface area contributed by atoms with Gasteiger partial charge in [0.2, 0.25) is 0 Å². The molecule has 3 heteroatoms. The summed E-state index contributed by atoms with van der Waals surface area (Å²) in [6, 6.07) is 6.84. The first-order chi connectivity index (χ1) is 6.11. The van der Waals surface area contributed by atoms with Crippen LogP contribution in [0.15, 0.2) is 18.2 Å². The molecule has 1 N–H and O–H groups in total. The minimum atomic E-state index is -0.499. The minimum absolute atomic E-state index is 0.153. The molecule has 1 unspecified atom stereocenters. The van der Waals surface area contributed by atoms with Gasteiger partial charge in [0, 0.05) is 6.07 Å². The van der Waals surface area contributed by atoms with E-state index < -0.39 is 6.10 Å². The summed E-state index contributed by atoms with van der Waals surface area (Å²) in [5, 5.41) is 17.7. The van der Waals surface area contributed by atoms with Gasteiger partial charge in [-0.05, 0) is 31.5 Å². The van der Waals surface area contributed by atoms with E-state index in [2.05, 4.69) is 0 Å². The van der Waals surface area contributed by atoms with Gasteiger partial charge in [-0.25, -0.2) is 0 Å². The maximum Gasteiger partial charge on any atom is 0.181 e. The fourth-order valence-electron chi connectivity index (χ4n) is 1.03. The highest BCUT2D eigenvalue weighted by molar-refractivity contribution is 5.37. The molecule has 1 aromatic rings. The average molecular weight is 177 g/mol. The Kier molecular flexibility index (Phi) is 2.76. The van der Waals surface area contributed by atoms with Gasteiger partial charge >= 0.3 is 0 Å². The van der Waals surface area contributed by atoms with Crippen LogP contribution in [0.25, 0.3) is 0 Å². The van der Waals surface area contributed by atoms with Crippen molar-refractivity contribution in [1.82, 2.24) is 0 Å². The van der Waals surface area contributed by atoms with Gasteiger partial charge in [0.05, 0.1) is 0 Å². The van der Waals surface area contributed by atoms with E-state index in [1.807, 2.05) is 13.0 Å². The standard InChI is InChI=1S/C10H11NO2/c1-7-3-9(12)5-10(4-7)13-8(2)6-11/h3-5,8,12H,1-2H3. The van der Waals surface area contributed by atoms with E-state index in [0.717, 1.165) is 5.56 Å². The maximum absolute atomic E-state index is 9.22. The van der Waals surface area contributed by atoms with E-state index in [1.54, 1.807) is 19.1 Å². The summed E-state index contributed by atoms with van der Waals surface area (Å²) in [6.45, 7) is 3.50. The lowest BCUT2D eigenvalue weighted by Gasteiger charge is -2.08. The summed E-state index contributed by atoms with van der Waals surface area (Å²) in [7, 11) is 0. The third kappa shape index (κ3) is 2.68. The molecule has 13 heavy (non-hydrogen) atoms. The van der Waals surface area contributed by atoms with Crippen LogP contribution in [0.4, 0.5) is 0 Å². The highest BCUT2D eigenvalue weighted by Crippen LogP contribution is 2.21. The van der Waals surface area contributed by atoms with E-state index in [-0.39, 0.29) is 5.75 Å². The highest BCUT2D eigenvalue weighted by Gasteiger charge is 2.02. The molecule has 1 atom stereocenters. The van der Waals surface area contributed by atoms with Crippen LogP contribution >= 0.6 is 0 Å². The predicted octanol–water partition coefficient (Wildman–Crippen LogP) is 1.99. The summed E-state index contributed by atoms with van der Waals surface area (Å²) in [5.74, 6) is 0.673. The van der Waals surface area contributed by atoms with Gasteiger partial charge in [-0.15, -0.1) is 0 Å². The average Bonchev–Trinajstić information content (AvgIpc) is 2.02. The van der Waals surface area contributed by atoms with Crippen molar-refractivity contribution >= 4 is 0 Å². The number of phenols is 1. The van der Waals surface area contributed by atoms with Gasteiger partial charge < -0.3 is 9.84 Å². The number of hydrogen-bond donors (Lipinski definition) is 1. The van der Waals surface area contributed by atoms with Crippen LogP contribution in [-0.4, -0.2) is 11.2 Å². The Bertz CT molecular complexity index is 321. The monoisotopic (exact) mass is 177 g/mol. The normalized spacial score (nSPS) is 11.8. The summed E-state index contributed by atoms with van der Waals surface area (Å²) < 4.78 is 5.20. The fraction of sp³-hybridized carbons (Fsp3) is 0.300. The third-order valence-corrected chi connectivity index (χ3v) is 1.53. The van der Waals surface area contributed by atoms with Crippen LogP contribution in [0.2, 0.25) is 0 Å². The lowest BCUT2D eigenvalue weighted by Crippen LogP contribution is -2.07. The molecule has 0 aliphatic carbocycles. The molecule has 1 rings (SSSR count). The van der Waals surface area contributed by atoms with Crippen molar-refractivity contribution in [3.63, 3.8) is 0 Å². The lowest BCUT2D eigenvalue weighted by atomic mass is 10.2. The number of hydrogen-bond acceptors (Lipinski definition) is 3. The van der Waals surface area contributed by atoms with E-state index in [1.165, 1.54) is 6.07 Å². The van der Waals surface area contributed by atoms with Gasteiger partial charge in [0.1, 0.15) is 17.6 Å². The number of aryl methyl sites for hydroxylation is 1. The molecule has 0 saturated carbocycles. The molecular weight excluding hydrogens is 166 g/mol. The van der Waals surface area contributed by atoms with Crippen LogP contribution in [0.1, 0.15) is 12.5 Å². The number of benzene rings is 1. The Morgan fingerprint density at radius 1 is 1.46 bits per heavy atom. The van der Waals surface area contributed by atoms with Crippen LogP contribution in [0, 0.1) is 18.3 Å². The highest BCUT2D eigenvalue weighted by atomic mass is 16.5. The molecule has 0 amide bonds. The van der Waals surface area contributed by atoms with Crippen LogP contribution in [-0.2, 0) is 0 Å². The first-order valence-electron chi connectivity index (χ1n) is 3.99. The predicted molar refractivity (Wildman–Crippen MR) is 48.5 cm³/mol. The SMILES string of the molecule is Cc1cc(O)cc(OC(C)C#N)c1. The molecule has 0 radical (unpaired) electrons. The first kappa shape index (κ1) is 9.40. The van der Waals surface area contributed by atoms with E-state index in [4.69, 9.17) is 10.00 Å². The van der Waals surface area contributed by atoms with Crippen molar-refractivity contribution in [3.05, 3.63) is 23.8 Å².